The van der Waals surface area contributed by atoms with Crippen LogP contribution in [0, 0.1) is 0 Å². The van der Waals surface area contributed by atoms with Gasteiger partial charge >= 0.3 is 0 Å². The van der Waals surface area contributed by atoms with Crippen LogP contribution in [0.5, 0.6) is 0 Å². The van der Waals surface area contributed by atoms with E-state index in [1.807, 2.05) is 77.4 Å². The van der Waals surface area contributed by atoms with E-state index in [1.165, 1.54) is 0 Å². The van der Waals surface area contributed by atoms with Gasteiger partial charge in [-0.1, -0.05) is 55.1 Å². The lowest BCUT2D eigenvalue weighted by Gasteiger charge is -2.12. The third-order valence-electron chi connectivity index (χ3n) is 5.05. The van der Waals surface area contributed by atoms with Crippen LogP contribution in [0.2, 0.25) is 0 Å². The Balaban J connectivity index is 2.02. The third kappa shape index (κ3) is 3.89. The molecule has 2 heterocycles. The van der Waals surface area contributed by atoms with Gasteiger partial charge in [-0.25, -0.2) is 9.97 Å². The van der Waals surface area contributed by atoms with Gasteiger partial charge in [0.2, 0.25) is 0 Å². The molecule has 0 saturated carbocycles. The molecule has 0 atom stereocenters. The van der Waals surface area contributed by atoms with E-state index in [0.29, 0.717) is 23.8 Å². The maximum atomic E-state index is 6.21. The van der Waals surface area contributed by atoms with Crippen molar-refractivity contribution >= 4 is 22.6 Å². The van der Waals surface area contributed by atoms with E-state index < -0.39 is 0 Å². The van der Waals surface area contributed by atoms with Crippen LogP contribution in [0.25, 0.3) is 33.7 Å². The summed E-state index contributed by atoms with van der Waals surface area (Å²) < 4.78 is 2.00. The van der Waals surface area contributed by atoms with Gasteiger partial charge in [0.25, 0.3) is 0 Å². The lowest BCUT2D eigenvalue weighted by atomic mass is 10.1. The number of aliphatic imine (C=N–C) groups is 1. The zero-order valence-corrected chi connectivity index (χ0v) is 17.4. The molecule has 4 aromatic rings. The second-order valence-electron chi connectivity index (χ2n) is 6.97. The van der Waals surface area contributed by atoms with E-state index in [0.717, 1.165) is 33.7 Å². The number of hydrogen-bond acceptors (Lipinski definition) is 4. The zero-order valence-electron chi connectivity index (χ0n) is 17.4. The van der Waals surface area contributed by atoms with Crippen LogP contribution in [0.4, 0.5) is 0 Å². The first kappa shape index (κ1) is 20.3. The van der Waals surface area contributed by atoms with Crippen molar-refractivity contribution in [3.8, 4) is 16.9 Å². The molecule has 0 bridgehead atoms. The predicted octanol–water partition coefficient (Wildman–Crippen LogP) is 4.10. The Hall–Kier alpha value is -4.03. The molecule has 0 aliphatic heterocycles. The second kappa shape index (κ2) is 8.77. The molecular weight excluding hydrogens is 384 g/mol. The first-order chi connectivity index (χ1) is 15.2. The summed E-state index contributed by atoms with van der Waals surface area (Å²) in [6, 6.07) is 22.0. The van der Waals surface area contributed by atoms with E-state index in [-0.39, 0.29) is 0 Å². The number of allylic oxidation sites excluding steroid dienone is 2. The van der Waals surface area contributed by atoms with Crippen LogP contribution in [-0.2, 0) is 6.54 Å². The lowest BCUT2D eigenvalue weighted by Crippen LogP contribution is -2.17. The standard InChI is InChI=1S/C25H24N6/c1-3-7-20(23(27)28-2)24-30-22-15-14-21(18-8-5-4-6-9-18)29-25(22)31(24)19-12-10-17(16-26)11-13-19/h3-15H,1,16,26H2,2H3,(H2,27,28)/b20-7+. The number of fused-ring (bicyclic) bond motifs is 1. The molecule has 2 aromatic heterocycles. The molecule has 0 spiro atoms. The van der Waals surface area contributed by atoms with Crippen molar-refractivity contribution in [2.75, 3.05) is 7.05 Å². The van der Waals surface area contributed by atoms with Crippen LogP contribution in [0.1, 0.15) is 11.4 Å². The summed E-state index contributed by atoms with van der Waals surface area (Å²) in [7, 11) is 1.65. The van der Waals surface area contributed by atoms with Crippen LogP contribution in [0.3, 0.4) is 0 Å². The number of amidine groups is 1. The molecule has 6 heteroatoms. The summed E-state index contributed by atoms with van der Waals surface area (Å²) in [4.78, 5) is 14.0. The van der Waals surface area contributed by atoms with Gasteiger partial charge in [0.1, 0.15) is 11.4 Å². The van der Waals surface area contributed by atoms with E-state index in [1.54, 1.807) is 13.1 Å². The van der Waals surface area contributed by atoms with E-state index in [4.69, 9.17) is 21.4 Å². The van der Waals surface area contributed by atoms with Crippen molar-refractivity contribution < 1.29 is 0 Å². The van der Waals surface area contributed by atoms with Crippen LogP contribution >= 0.6 is 0 Å². The molecule has 6 nitrogen and oxygen atoms in total. The van der Waals surface area contributed by atoms with Gasteiger partial charge in [0, 0.05) is 24.8 Å². The van der Waals surface area contributed by atoms with Crippen molar-refractivity contribution in [3.63, 3.8) is 0 Å². The number of nitrogens with two attached hydrogens (primary N) is 2. The van der Waals surface area contributed by atoms with Gasteiger partial charge in [0.05, 0.1) is 11.3 Å². The summed E-state index contributed by atoms with van der Waals surface area (Å²) in [5, 5.41) is 0. The Kier molecular flexibility index (Phi) is 5.73. The summed E-state index contributed by atoms with van der Waals surface area (Å²) in [5.74, 6) is 1.02. The number of pyridine rings is 1. The monoisotopic (exact) mass is 408 g/mol. The van der Waals surface area contributed by atoms with Gasteiger partial charge in [-0.2, -0.15) is 0 Å². The Morgan fingerprint density at radius 1 is 1.03 bits per heavy atom. The average molecular weight is 409 g/mol. The largest absolute Gasteiger partial charge is 0.383 e. The molecule has 0 aliphatic carbocycles. The molecule has 0 unspecified atom stereocenters. The first-order valence-electron chi connectivity index (χ1n) is 9.96. The van der Waals surface area contributed by atoms with Crippen LogP contribution < -0.4 is 11.5 Å². The quantitative estimate of drug-likeness (QED) is 0.285. The third-order valence-corrected chi connectivity index (χ3v) is 5.05. The number of nitrogens with zero attached hydrogens (tertiary/aromatic N) is 4. The van der Waals surface area contributed by atoms with Crippen molar-refractivity contribution in [2.45, 2.75) is 6.54 Å². The smallest absolute Gasteiger partial charge is 0.165 e. The Morgan fingerprint density at radius 3 is 2.42 bits per heavy atom. The predicted molar refractivity (Wildman–Crippen MR) is 128 cm³/mol. The highest BCUT2D eigenvalue weighted by molar-refractivity contribution is 6.21. The molecule has 154 valence electrons. The molecule has 0 amide bonds. The molecule has 0 aliphatic rings. The zero-order chi connectivity index (χ0) is 21.8. The summed E-state index contributed by atoms with van der Waals surface area (Å²) in [6.07, 6.45) is 3.49. The van der Waals surface area contributed by atoms with Crippen LogP contribution in [0.15, 0.2) is 90.5 Å². The van der Waals surface area contributed by atoms with Crippen molar-refractivity contribution in [2.24, 2.45) is 16.5 Å². The maximum absolute atomic E-state index is 6.21. The fourth-order valence-corrected chi connectivity index (χ4v) is 3.45. The minimum absolute atomic E-state index is 0.373. The van der Waals surface area contributed by atoms with E-state index in [2.05, 4.69) is 11.6 Å². The van der Waals surface area contributed by atoms with Gasteiger partial charge in [-0.3, -0.25) is 9.56 Å². The maximum Gasteiger partial charge on any atom is 0.165 e. The van der Waals surface area contributed by atoms with Crippen LogP contribution in [-0.4, -0.2) is 27.4 Å². The molecule has 2 aromatic carbocycles. The minimum atomic E-state index is 0.373. The molecule has 0 saturated heterocycles. The number of hydrogen-bond donors (Lipinski definition) is 2. The van der Waals surface area contributed by atoms with Gasteiger partial charge in [-0.05, 0) is 35.9 Å². The van der Waals surface area contributed by atoms with E-state index in [9.17, 15) is 0 Å². The van der Waals surface area contributed by atoms with Gasteiger partial charge in [0.15, 0.2) is 11.5 Å². The molecule has 4 rings (SSSR count). The molecule has 0 radical (unpaired) electrons. The van der Waals surface area contributed by atoms with Gasteiger partial charge < -0.3 is 11.5 Å². The average Bonchev–Trinajstić information content (AvgIpc) is 3.21. The number of benzene rings is 2. The molecule has 4 N–H and O–H groups in total. The van der Waals surface area contributed by atoms with Crippen molar-refractivity contribution in [1.82, 2.24) is 14.5 Å². The lowest BCUT2D eigenvalue weighted by molar-refractivity contribution is 1.02. The molecular formula is C25H24N6. The SMILES string of the molecule is C=C/C=C(\C(N)=NC)c1nc2ccc(-c3ccccc3)nc2n1-c1ccc(CN)cc1. The van der Waals surface area contributed by atoms with Gasteiger partial charge in [-0.15, -0.1) is 0 Å². The topological polar surface area (TPSA) is 95.1 Å². The Labute approximate surface area is 181 Å². The normalized spacial score (nSPS) is 12.3. The number of rotatable bonds is 6. The second-order valence-corrected chi connectivity index (χ2v) is 6.97. The highest BCUT2D eigenvalue weighted by atomic mass is 15.1. The summed E-state index contributed by atoms with van der Waals surface area (Å²) in [6.45, 7) is 4.30. The summed E-state index contributed by atoms with van der Waals surface area (Å²) in [5.41, 5.74) is 18.0. The first-order valence-corrected chi connectivity index (χ1v) is 9.96. The molecule has 31 heavy (non-hydrogen) atoms. The van der Waals surface area contributed by atoms with Crippen molar-refractivity contribution in [3.05, 3.63) is 96.8 Å². The highest BCUT2D eigenvalue weighted by Gasteiger charge is 2.19. The Morgan fingerprint density at radius 2 is 1.77 bits per heavy atom. The number of imidazole rings is 1. The number of aromatic nitrogens is 3. The highest BCUT2D eigenvalue weighted by Crippen LogP contribution is 2.28. The van der Waals surface area contributed by atoms with E-state index >= 15 is 0 Å². The fourth-order valence-electron chi connectivity index (χ4n) is 3.45. The van der Waals surface area contributed by atoms with Crippen molar-refractivity contribution in [1.29, 1.82) is 0 Å². The minimum Gasteiger partial charge on any atom is -0.383 e. The Bertz CT molecular complexity index is 1280. The molecule has 0 fully saturated rings. The summed E-state index contributed by atoms with van der Waals surface area (Å²) >= 11 is 0. The fraction of sp³-hybridized carbons (Fsp3) is 0.0800.